The molecule has 1 aliphatic rings. The maximum atomic E-state index is 5.82. The average Bonchev–Trinajstić information content (AvgIpc) is 3.10. The zero-order valence-electron chi connectivity index (χ0n) is 13.2. The Kier molecular flexibility index (Phi) is 3.87. The number of nitrogens with one attached hydrogen (secondary N) is 1. The summed E-state index contributed by atoms with van der Waals surface area (Å²) < 4.78 is 16.4. The maximum absolute atomic E-state index is 5.82. The first-order valence-corrected chi connectivity index (χ1v) is 7.69. The van der Waals surface area contributed by atoms with Gasteiger partial charge in [0.15, 0.2) is 0 Å². The topological polar surface area (TPSA) is 85.4 Å². The Morgan fingerprint density at radius 1 is 1.08 bits per heavy atom. The van der Waals surface area contributed by atoms with Crippen molar-refractivity contribution in [2.45, 2.75) is 0 Å². The van der Waals surface area contributed by atoms with Gasteiger partial charge >= 0.3 is 12.0 Å². The van der Waals surface area contributed by atoms with Crippen molar-refractivity contribution in [2.75, 3.05) is 38.3 Å². The zero-order valence-corrected chi connectivity index (χ0v) is 13.2. The molecule has 2 aromatic heterocycles. The van der Waals surface area contributed by atoms with Crippen LogP contribution in [0.1, 0.15) is 0 Å². The van der Waals surface area contributed by atoms with Crippen LogP contribution in [0.15, 0.2) is 30.5 Å². The van der Waals surface area contributed by atoms with Crippen molar-refractivity contribution < 1.29 is 14.2 Å². The SMILES string of the molecule is COc1nc(Oc2ccc3[nH]ccc3c2)nc(N2CCOCC2)n1. The van der Waals surface area contributed by atoms with E-state index in [-0.39, 0.29) is 12.0 Å². The fourth-order valence-electron chi connectivity index (χ4n) is 2.57. The molecular formula is C16H17N5O3. The van der Waals surface area contributed by atoms with E-state index < -0.39 is 0 Å². The number of hydrogen-bond acceptors (Lipinski definition) is 7. The first kappa shape index (κ1) is 14.7. The molecule has 0 atom stereocenters. The van der Waals surface area contributed by atoms with Crippen LogP contribution >= 0.6 is 0 Å². The van der Waals surface area contributed by atoms with Crippen LogP contribution < -0.4 is 14.4 Å². The first-order chi connectivity index (χ1) is 11.8. The fourth-order valence-corrected chi connectivity index (χ4v) is 2.57. The summed E-state index contributed by atoms with van der Waals surface area (Å²) in [6, 6.07) is 8.16. The van der Waals surface area contributed by atoms with E-state index in [4.69, 9.17) is 14.2 Å². The van der Waals surface area contributed by atoms with Gasteiger partial charge in [-0.25, -0.2) is 0 Å². The number of rotatable bonds is 4. The molecule has 1 N–H and O–H groups in total. The summed E-state index contributed by atoms with van der Waals surface area (Å²) in [7, 11) is 1.52. The van der Waals surface area contributed by atoms with Crippen LogP contribution in [0.5, 0.6) is 17.8 Å². The molecule has 1 saturated heterocycles. The second kappa shape index (κ2) is 6.32. The molecule has 0 bridgehead atoms. The van der Waals surface area contributed by atoms with Gasteiger partial charge < -0.3 is 24.1 Å². The Hall–Kier alpha value is -2.87. The molecule has 1 aliphatic heterocycles. The summed E-state index contributed by atoms with van der Waals surface area (Å²) in [4.78, 5) is 18.1. The minimum absolute atomic E-state index is 0.207. The van der Waals surface area contributed by atoms with Crippen LogP contribution in [0.25, 0.3) is 10.9 Å². The van der Waals surface area contributed by atoms with E-state index in [1.54, 1.807) is 0 Å². The Bertz CT molecular complexity index is 845. The van der Waals surface area contributed by atoms with Crippen LogP contribution in [0, 0.1) is 0 Å². The van der Waals surface area contributed by atoms with E-state index in [0.717, 1.165) is 24.0 Å². The van der Waals surface area contributed by atoms with Gasteiger partial charge in [0.1, 0.15) is 5.75 Å². The van der Waals surface area contributed by atoms with Crippen molar-refractivity contribution in [3.8, 4) is 17.8 Å². The highest BCUT2D eigenvalue weighted by Crippen LogP contribution is 2.25. The van der Waals surface area contributed by atoms with Gasteiger partial charge in [-0.2, -0.15) is 9.97 Å². The first-order valence-electron chi connectivity index (χ1n) is 7.69. The van der Waals surface area contributed by atoms with Gasteiger partial charge in [-0.05, 0) is 24.3 Å². The quantitative estimate of drug-likeness (QED) is 0.784. The minimum Gasteiger partial charge on any atom is -0.467 e. The molecule has 0 unspecified atom stereocenters. The summed E-state index contributed by atoms with van der Waals surface area (Å²) in [6.07, 6.45) is 1.89. The number of fused-ring (bicyclic) bond motifs is 1. The van der Waals surface area contributed by atoms with Gasteiger partial charge in [0.2, 0.25) is 5.95 Å². The molecule has 3 aromatic rings. The molecule has 0 spiro atoms. The van der Waals surface area contributed by atoms with Crippen LogP contribution in [-0.2, 0) is 4.74 Å². The van der Waals surface area contributed by atoms with Gasteiger partial charge in [-0.3, -0.25) is 0 Å². The highest BCUT2D eigenvalue weighted by molar-refractivity contribution is 5.80. The van der Waals surface area contributed by atoms with Gasteiger partial charge in [0, 0.05) is 30.2 Å². The highest BCUT2D eigenvalue weighted by Gasteiger charge is 2.17. The largest absolute Gasteiger partial charge is 0.467 e. The number of methoxy groups -OCH3 is 1. The van der Waals surface area contributed by atoms with Gasteiger partial charge in [0.05, 0.1) is 20.3 Å². The fraction of sp³-hybridized carbons (Fsp3) is 0.312. The molecule has 24 heavy (non-hydrogen) atoms. The number of benzene rings is 1. The van der Waals surface area contributed by atoms with E-state index in [1.165, 1.54) is 7.11 Å². The number of ether oxygens (including phenoxy) is 3. The van der Waals surface area contributed by atoms with Crippen molar-refractivity contribution in [2.24, 2.45) is 0 Å². The molecule has 1 fully saturated rings. The minimum atomic E-state index is 0.207. The molecule has 0 amide bonds. The van der Waals surface area contributed by atoms with Crippen LogP contribution in [0.4, 0.5) is 5.95 Å². The highest BCUT2D eigenvalue weighted by atomic mass is 16.5. The van der Waals surface area contributed by atoms with E-state index in [2.05, 4.69) is 19.9 Å². The maximum Gasteiger partial charge on any atom is 0.330 e. The number of hydrogen-bond donors (Lipinski definition) is 1. The van der Waals surface area contributed by atoms with Crippen molar-refractivity contribution in [1.29, 1.82) is 0 Å². The third kappa shape index (κ3) is 2.95. The molecule has 124 valence electrons. The summed E-state index contributed by atoms with van der Waals surface area (Å²) in [5.41, 5.74) is 1.05. The molecule has 1 aromatic carbocycles. The third-order valence-corrected chi connectivity index (χ3v) is 3.79. The van der Waals surface area contributed by atoms with Crippen molar-refractivity contribution in [1.82, 2.24) is 19.9 Å². The smallest absolute Gasteiger partial charge is 0.330 e. The monoisotopic (exact) mass is 327 g/mol. The predicted molar refractivity (Wildman–Crippen MR) is 87.8 cm³/mol. The number of aromatic nitrogens is 4. The molecular weight excluding hydrogens is 310 g/mol. The summed E-state index contributed by atoms with van der Waals surface area (Å²) >= 11 is 0. The van der Waals surface area contributed by atoms with Crippen LogP contribution in [0.2, 0.25) is 0 Å². The zero-order chi connectivity index (χ0) is 16.4. The summed E-state index contributed by atoms with van der Waals surface area (Å²) in [5, 5.41) is 1.06. The lowest BCUT2D eigenvalue weighted by molar-refractivity contribution is 0.122. The molecule has 3 heterocycles. The van der Waals surface area contributed by atoms with E-state index in [0.29, 0.717) is 24.9 Å². The second-order valence-corrected chi connectivity index (χ2v) is 5.33. The lowest BCUT2D eigenvalue weighted by Gasteiger charge is -2.26. The van der Waals surface area contributed by atoms with Gasteiger partial charge in [-0.1, -0.05) is 0 Å². The molecule has 8 heteroatoms. The Morgan fingerprint density at radius 3 is 2.75 bits per heavy atom. The lowest BCUT2D eigenvalue weighted by Crippen LogP contribution is -2.37. The molecule has 4 rings (SSSR count). The van der Waals surface area contributed by atoms with Gasteiger partial charge in [0.25, 0.3) is 0 Å². The molecule has 0 radical (unpaired) electrons. The predicted octanol–water partition coefficient (Wildman–Crippen LogP) is 1.99. The van der Waals surface area contributed by atoms with Crippen molar-refractivity contribution in [3.63, 3.8) is 0 Å². The Balaban J connectivity index is 1.63. The lowest BCUT2D eigenvalue weighted by atomic mass is 10.2. The number of anilines is 1. The van der Waals surface area contributed by atoms with Crippen LogP contribution in [0.3, 0.4) is 0 Å². The molecule has 0 saturated carbocycles. The van der Waals surface area contributed by atoms with E-state index >= 15 is 0 Å². The Morgan fingerprint density at radius 2 is 1.92 bits per heavy atom. The van der Waals surface area contributed by atoms with E-state index in [1.807, 2.05) is 35.4 Å². The van der Waals surface area contributed by atoms with E-state index in [9.17, 15) is 0 Å². The standard InChI is InChI=1S/C16H17N5O3/c1-22-15-18-14(21-6-8-23-9-7-21)19-16(20-15)24-12-2-3-13-11(10-12)4-5-17-13/h2-5,10,17H,6-9H2,1H3. The van der Waals surface area contributed by atoms with Crippen molar-refractivity contribution in [3.05, 3.63) is 30.5 Å². The third-order valence-electron chi connectivity index (χ3n) is 3.79. The van der Waals surface area contributed by atoms with Crippen molar-refractivity contribution >= 4 is 16.9 Å². The average molecular weight is 327 g/mol. The summed E-state index contributed by atoms with van der Waals surface area (Å²) in [5.74, 6) is 1.19. The van der Waals surface area contributed by atoms with Gasteiger partial charge in [-0.15, -0.1) is 4.98 Å². The number of morpholine rings is 1. The number of nitrogens with zero attached hydrogens (tertiary/aromatic N) is 4. The number of aromatic amines is 1. The van der Waals surface area contributed by atoms with Crippen LogP contribution in [-0.4, -0.2) is 53.3 Å². The molecule has 0 aliphatic carbocycles. The summed E-state index contributed by atoms with van der Waals surface area (Å²) in [6.45, 7) is 2.74. The second-order valence-electron chi connectivity index (χ2n) is 5.33. The number of H-pyrrole nitrogens is 1. The normalized spacial score (nSPS) is 14.8. The molecule has 8 nitrogen and oxygen atoms in total. The Labute approximate surface area is 138 Å².